The maximum Gasteiger partial charge on any atom is 0.387 e. The van der Waals surface area contributed by atoms with Gasteiger partial charge in [-0.3, -0.25) is 4.79 Å². The number of halogens is 2. The van der Waals surface area contributed by atoms with Crippen LogP contribution in [0.5, 0.6) is 5.75 Å². The quantitative estimate of drug-likeness (QED) is 0.762. The Kier molecular flexibility index (Phi) is 4.43. The van der Waals surface area contributed by atoms with Crippen LogP contribution in [0.1, 0.15) is 18.4 Å². The van der Waals surface area contributed by atoms with Crippen LogP contribution in [0.4, 0.5) is 14.6 Å². The zero-order valence-electron chi connectivity index (χ0n) is 14.3. The highest BCUT2D eigenvalue weighted by atomic mass is 32.2. The van der Waals surface area contributed by atoms with Crippen molar-refractivity contribution in [2.45, 2.75) is 19.5 Å². The van der Waals surface area contributed by atoms with Crippen LogP contribution in [0.15, 0.2) is 18.3 Å². The van der Waals surface area contributed by atoms with Crippen LogP contribution in [-0.2, 0) is 9.53 Å². The summed E-state index contributed by atoms with van der Waals surface area (Å²) in [6, 6.07) is 1.40. The van der Waals surface area contributed by atoms with Crippen molar-refractivity contribution in [3.8, 4) is 5.75 Å². The lowest BCUT2D eigenvalue weighted by Crippen LogP contribution is -2.41. The average molecular weight is 382 g/mol. The molecule has 1 aromatic rings. The number of carbonyl (C=O) groups is 1. The molecule has 0 radical (unpaired) electrons. The Bertz CT molecular complexity index is 753. The van der Waals surface area contributed by atoms with Gasteiger partial charge in [-0.1, -0.05) is 0 Å². The highest BCUT2D eigenvalue weighted by Crippen LogP contribution is 2.66. The molecular weight excluding hydrogens is 362 g/mol. The third kappa shape index (κ3) is 3.09. The molecule has 3 aliphatic rings. The first-order valence-corrected chi connectivity index (χ1v) is 9.73. The van der Waals surface area contributed by atoms with Crippen molar-refractivity contribution in [1.82, 2.24) is 4.98 Å². The topological polar surface area (TPSA) is 74.4 Å². The molecule has 140 valence electrons. The van der Waals surface area contributed by atoms with Crippen molar-refractivity contribution in [3.63, 3.8) is 0 Å². The van der Waals surface area contributed by atoms with E-state index in [1.54, 1.807) is 6.08 Å². The van der Waals surface area contributed by atoms with Crippen molar-refractivity contribution in [2.75, 3.05) is 25.2 Å². The minimum atomic E-state index is -2.98. The maximum absolute atomic E-state index is 12.7. The molecule has 5 nitrogen and oxygen atoms in total. The van der Waals surface area contributed by atoms with E-state index in [1.165, 1.54) is 24.0 Å². The predicted molar refractivity (Wildman–Crippen MR) is 94.7 cm³/mol. The average Bonchev–Trinajstić information content (AvgIpc) is 3.08. The number of pyridine rings is 1. The lowest BCUT2D eigenvalue weighted by molar-refractivity contribution is -0.125. The Labute approximate surface area is 154 Å². The second-order valence-corrected chi connectivity index (χ2v) is 8.20. The summed E-state index contributed by atoms with van der Waals surface area (Å²) in [5.74, 6) is 0.834. The molecule has 1 spiro atoms. The fourth-order valence-corrected chi connectivity index (χ4v) is 4.98. The summed E-state index contributed by atoms with van der Waals surface area (Å²) in [5.41, 5.74) is 6.45. The molecule has 0 bridgehead atoms. The first-order valence-electron chi connectivity index (χ1n) is 8.50. The van der Waals surface area contributed by atoms with E-state index >= 15 is 0 Å². The SMILES string of the molecule is CSC(=CC(=O)C1C2CC3(COC3)CC21)c1cnc(N)c(OC(F)F)c1. The van der Waals surface area contributed by atoms with E-state index in [0.29, 0.717) is 27.7 Å². The Balaban J connectivity index is 1.48. The van der Waals surface area contributed by atoms with Crippen LogP contribution in [0, 0.1) is 23.2 Å². The van der Waals surface area contributed by atoms with Gasteiger partial charge in [-0.15, -0.1) is 11.8 Å². The van der Waals surface area contributed by atoms with Gasteiger partial charge in [-0.2, -0.15) is 8.78 Å². The predicted octanol–water partition coefficient (Wildman–Crippen LogP) is 3.21. The number of thioether (sulfide) groups is 1. The van der Waals surface area contributed by atoms with Gasteiger partial charge in [0, 0.05) is 28.0 Å². The van der Waals surface area contributed by atoms with Crippen molar-refractivity contribution >= 4 is 28.3 Å². The third-order valence-corrected chi connectivity index (χ3v) is 6.48. The summed E-state index contributed by atoms with van der Waals surface area (Å²) in [5, 5.41) is 0. The van der Waals surface area contributed by atoms with Crippen LogP contribution in [0.2, 0.25) is 0 Å². The summed E-state index contributed by atoms with van der Waals surface area (Å²) in [6.07, 6.45) is 7.06. The van der Waals surface area contributed by atoms with E-state index in [1.807, 2.05) is 6.26 Å². The fraction of sp³-hybridized carbons (Fsp3) is 0.556. The van der Waals surface area contributed by atoms with Gasteiger partial charge in [-0.05, 0) is 43.1 Å². The largest absolute Gasteiger partial charge is 0.431 e. The molecule has 2 aliphatic carbocycles. The first kappa shape index (κ1) is 17.7. The summed E-state index contributed by atoms with van der Waals surface area (Å²) in [4.78, 5) is 17.3. The van der Waals surface area contributed by atoms with Crippen LogP contribution in [0.25, 0.3) is 4.91 Å². The van der Waals surface area contributed by atoms with E-state index in [4.69, 9.17) is 10.5 Å². The number of nitrogens with two attached hydrogens (primary N) is 1. The molecule has 3 fully saturated rings. The smallest absolute Gasteiger partial charge is 0.387 e. The number of nitrogen functional groups attached to an aromatic ring is 1. The molecule has 1 aliphatic heterocycles. The molecule has 8 heteroatoms. The second kappa shape index (κ2) is 6.49. The number of allylic oxidation sites excluding steroid dienone is 1. The van der Waals surface area contributed by atoms with Crippen molar-refractivity contribution in [2.24, 2.45) is 23.2 Å². The molecule has 1 saturated heterocycles. The minimum Gasteiger partial charge on any atom is -0.431 e. The Morgan fingerprint density at radius 3 is 2.69 bits per heavy atom. The lowest BCUT2D eigenvalue weighted by atomic mass is 9.79. The number of carbonyl (C=O) groups excluding carboxylic acids is 1. The van der Waals surface area contributed by atoms with Crippen LogP contribution < -0.4 is 10.5 Å². The standard InChI is InChI=1S/C18H20F2N2O3S/c1-26-14(9-2-13(25-17(19)20)16(21)22-6-9)3-12(23)15-10-4-18(5-11(10)15)7-24-8-18/h2-3,6,10-11,15,17H,4-5,7-8H2,1H3,(H2,21,22). The van der Waals surface area contributed by atoms with Crippen LogP contribution in [0.3, 0.4) is 0 Å². The number of alkyl halides is 2. The molecule has 0 aromatic carbocycles. The molecule has 2 unspecified atom stereocenters. The van der Waals surface area contributed by atoms with Gasteiger partial charge in [0.2, 0.25) is 0 Å². The number of hydrogen-bond donors (Lipinski definition) is 1. The first-order chi connectivity index (χ1) is 12.4. The zero-order chi connectivity index (χ0) is 18.5. The van der Waals surface area contributed by atoms with Gasteiger partial charge in [0.25, 0.3) is 0 Å². The summed E-state index contributed by atoms with van der Waals surface area (Å²) < 4.78 is 34.7. The van der Waals surface area contributed by atoms with Gasteiger partial charge >= 0.3 is 6.61 Å². The number of anilines is 1. The van der Waals surface area contributed by atoms with Gasteiger partial charge in [0.15, 0.2) is 17.4 Å². The Hall–Kier alpha value is -1.67. The van der Waals surface area contributed by atoms with Gasteiger partial charge < -0.3 is 15.2 Å². The molecule has 26 heavy (non-hydrogen) atoms. The van der Waals surface area contributed by atoms with Gasteiger partial charge in [-0.25, -0.2) is 4.98 Å². The van der Waals surface area contributed by atoms with E-state index in [9.17, 15) is 13.6 Å². The minimum absolute atomic E-state index is 0.0851. The number of nitrogens with zero attached hydrogens (tertiary/aromatic N) is 1. The second-order valence-electron chi connectivity index (χ2n) is 7.36. The number of fused-ring (bicyclic) bond motifs is 1. The number of rotatable bonds is 6. The highest BCUT2D eigenvalue weighted by Gasteiger charge is 2.65. The van der Waals surface area contributed by atoms with Crippen molar-refractivity contribution in [1.29, 1.82) is 0 Å². The number of aromatic nitrogens is 1. The zero-order valence-corrected chi connectivity index (χ0v) is 15.1. The van der Waals surface area contributed by atoms with E-state index in [-0.39, 0.29) is 23.3 Å². The highest BCUT2D eigenvalue weighted by molar-refractivity contribution is 8.07. The van der Waals surface area contributed by atoms with Crippen LogP contribution in [-0.4, -0.2) is 36.8 Å². The summed E-state index contributed by atoms with van der Waals surface area (Å²) in [6.45, 7) is -1.32. The monoisotopic (exact) mass is 382 g/mol. The van der Waals surface area contributed by atoms with Gasteiger partial charge in [0.05, 0.1) is 13.2 Å². The van der Waals surface area contributed by atoms with Crippen molar-refractivity contribution < 1.29 is 23.0 Å². The lowest BCUT2D eigenvalue weighted by Gasteiger charge is -2.39. The van der Waals surface area contributed by atoms with E-state index in [2.05, 4.69) is 9.72 Å². The van der Waals surface area contributed by atoms with Crippen LogP contribution >= 0.6 is 11.8 Å². The number of hydrogen-bond acceptors (Lipinski definition) is 6. The molecule has 1 aromatic heterocycles. The summed E-state index contributed by atoms with van der Waals surface area (Å²) >= 11 is 1.37. The number of ether oxygens (including phenoxy) is 2. The summed E-state index contributed by atoms with van der Waals surface area (Å²) in [7, 11) is 0. The number of ketones is 1. The van der Waals surface area contributed by atoms with E-state index in [0.717, 1.165) is 26.1 Å². The molecule has 2 heterocycles. The molecule has 4 rings (SSSR count). The molecule has 2 N–H and O–H groups in total. The normalized spacial score (nSPS) is 28.8. The van der Waals surface area contributed by atoms with E-state index < -0.39 is 6.61 Å². The molecule has 2 atom stereocenters. The molecule has 0 amide bonds. The maximum atomic E-state index is 12.7. The van der Waals surface area contributed by atoms with Crippen molar-refractivity contribution in [3.05, 3.63) is 23.9 Å². The molecular formula is C18H20F2N2O3S. The Morgan fingerprint density at radius 1 is 1.46 bits per heavy atom. The molecule has 2 saturated carbocycles. The third-order valence-electron chi connectivity index (χ3n) is 5.69. The van der Waals surface area contributed by atoms with Gasteiger partial charge in [0.1, 0.15) is 0 Å². The fourth-order valence-electron chi connectivity index (χ4n) is 4.40. The Morgan fingerprint density at radius 2 is 2.15 bits per heavy atom.